The summed E-state index contributed by atoms with van der Waals surface area (Å²) in [5.41, 5.74) is 1.84. The number of aryl methyl sites for hydroxylation is 1. The Morgan fingerprint density at radius 1 is 1.25 bits per heavy atom. The van der Waals surface area contributed by atoms with E-state index in [0.717, 1.165) is 16.5 Å². The highest BCUT2D eigenvalue weighted by Gasteiger charge is 2.32. The van der Waals surface area contributed by atoms with Gasteiger partial charge in [-0.2, -0.15) is 5.26 Å². The van der Waals surface area contributed by atoms with E-state index < -0.39 is 18.0 Å². The third kappa shape index (κ3) is 5.47. The molecule has 170 valence electrons. The van der Waals surface area contributed by atoms with Crippen molar-refractivity contribution in [2.45, 2.75) is 59.0 Å². The van der Waals surface area contributed by atoms with Crippen LogP contribution in [0, 0.1) is 29.6 Å². The molecule has 1 fully saturated rings. The van der Waals surface area contributed by atoms with Crippen LogP contribution in [0.2, 0.25) is 0 Å². The average molecular weight is 438 g/mol. The van der Waals surface area contributed by atoms with Gasteiger partial charge in [0, 0.05) is 23.4 Å². The van der Waals surface area contributed by atoms with Crippen LogP contribution in [-0.4, -0.2) is 41.3 Å². The predicted molar refractivity (Wildman–Crippen MR) is 122 cm³/mol. The first kappa shape index (κ1) is 23.3. The molecule has 2 aromatic rings. The lowest BCUT2D eigenvalue weighted by molar-refractivity contribution is -0.125. The molecule has 1 aromatic carbocycles. The standard InChI is InChI=1S/C24H31N5O3/c1-14-17-7-5-6-8-18(17)28-20(14)23(32)29-19(12-24(2,3)4)22(31)27-16(13-25)11-15-9-10-26-21(15)30/h5-8,15-16,19,28H,9-12H2,1-4H3,(H,26,30)(H,27,31)(H,29,32)/t15-,16-,19-/m0/s1. The van der Waals surface area contributed by atoms with Crippen LogP contribution in [0.4, 0.5) is 0 Å². The van der Waals surface area contributed by atoms with Crippen LogP contribution in [0.5, 0.6) is 0 Å². The topological polar surface area (TPSA) is 127 Å². The number of amides is 3. The molecule has 0 unspecified atom stereocenters. The Kier molecular flexibility index (Phi) is 6.87. The highest BCUT2D eigenvalue weighted by atomic mass is 16.2. The number of carbonyl (C=O) groups excluding carboxylic acids is 3. The molecule has 1 aliphatic rings. The van der Waals surface area contributed by atoms with E-state index in [-0.39, 0.29) is 29.6 Å². The summed E-state index contributed by atoms with van der Waals surface area (Å²) in [6.45, 7) is 8.40. The van der Waals surface area contributed by atoms with Gasteiger partial charge in [0.1, 0.15) is 17.8 Å². The molecular formula is C24H31N5O3. The van der Waals surface area contributed by atoms with E-state index in [1.54, 1.807) is 0 Å². The molecule has 1 aliphatic heterocycles. The van der Waals surface area contributed by atoms with E-state index in [1.165, 1.54) is 0 Å². The van der Waals surface area contributed by atoms with Crippen LogP contribution < -0.4 is 16.0 Å². The monoisotopic (exact) mass is 437 g/mol. The summed E-state index contributed by atoms with van der Waals surface area (Å²) in [6, 6.07) is 8.10. The van der Waals surface area contributed by atoms with Crippen molar-refractivity contribution < 1.29 is 14.4 Å². The van der Waals surface area contributed by atoms with Crippen molar-refractivity contribution in [1.29, 1.82) is 5.26 Å². The maximum Gasteiger partial charge on any atom is 0.268 e. The van der Waals surface area contributed by atoms with Crippen LogP contribution in [0.25, 0.3) is 10.9 Å². The summed E-state index contributed by atoms with van der Waals surface area (Å²) in [6.07, 6.45) is 1.30. The minimum atomic E-state index is -0.818. The minimum Gasteiger partial charge on any atom is -0.356 e. The van der Waals surface area contributed by atoms with Crippen molar-refractivity contribution in [2.24, 2.45) is 11.3 Å². The molecule has 8 nitrogen and oxygen atoms in total. The molecule has 3 atom stereocenters. The molecular weight excluding hydrogens is 406 g/mol. The minimum absolute atomic E-state index is 0.0895. The van der Waals surface area contributed by atoms with Crippen molar-refractivity contribution in [3.63, 3.8) is 0 Å². The van der Waals surface area contributed by atoms with Crippen LogP contribution in [0.1, 0.15) is 56.1 Å². The van der Waals surface area contributed by atoms with Gasteiger partial charge in [0.2, 0.25) is 11.8 Å². The van der Waals surface area contributed by atoms with Crippen LogP contribution in [0.15, 0.2) is 24.3 Å². The van der Waals surface area contributed by atoms with Gasteiger partial charge in [-0.3, -0.25) is 14.4 Å². The van der Waals surface area contributed by atoms with Gasteiger partial charge < -0.3 is 20.9 Å². The van der Waals surface area contributed by atoms with Crippen molar-refractivity contribution in [3.8, 4) is 6.07 Å². The second kappa shape index (κ2) is 9.43. The normalized spacial score (nSPS) is 18.0. The zero-order valence-corrected chi connectivity index (χ0v) is 19.0. The van der Waals surface area contributed by atoms with Gasteiger partial charge in [0.15, 0.2) is 0 Å². The quantitative estimate of drug-likeness (QED) is 0.531. The average Bonchev–Trinajstić information content (AvgIpc) is 3.29. The van der Waals surface area contributed by atoms with Gasteiger partial charge in [0.25, 0.3) is 5.91 Å². The number of hydrogen-bond donors (Lipinski definition) is 4. The summed E-state index contributed by atoms with van der Waals surface area (Å²) in [5, 5.41) is 18.8. The summed E-state index contributed by atoms with van der Waals surface area (Å²) in [5.74, 6) is -1.17. The first-order chi connectivity index (χ1) is 15.1. The second-order valence-corrected chi connectivity index (χ2v) is 9.66. The molecule has 3 amide bonds. The number of H-pyrrole nitrogens is 1. The lowest BCUT2D eigenvalue weighted by Crippen LogP contribution is -2.51. The lowest BCUT2D eigenvalue weighted by atomic mass is 9.87. The fourth-order valence-electron chi connectivity index (χ4n) is 4.13. The fraction of sp³-hybridized carbons (Fsp3) is 0.500. The Bertz CT molecular complexity index is 1060. The molecule has 3 rings (SSSR count). The Hall–Kier alpha value is -3.34. The van der Waals surface area contributed by atoms with E-state index in [9.17, 15) is 19.6 Å². The van der Waals surface area contributed by atoms with Gasteiger partial charge in [-0.1, -0.05) is 39.0 Å². The number of rotatable bonds is 7. The van der Waals surface area contributed by atoms with E-state index in [1.807, 2.05) is 52.0 Å². The molecule has 1 aromatic heterocycles. The second-order valence-electron chi connectivity index (χ2n) is 9.66. The molecule has 0 saturated carbocycles. The summed E-state index contributed by atoms with van der Waals surface area (Å²) in [7, 11) is 0. The van der Waals surface area contributed by atoms with Crippen LogP contribution in [0.3, 0.4) is 0 Å². The van der Waals surface area contributed by atoms with Crippen LogP contribution >= 0.6 is 0 Å². The summed E-state index contributed by atoms with van der Waals surface area (Å²) >= 11 is 0. The number of carbonyl (C=O) groups is 3. The number of fused-ring (bicyclic) bond motifs is 1. The smallest absolute Gasteiger partial charge is 0.268 e. The van der Waals surface area contributed by atoms with E-state index in [2.05, 4.69) is 27.0 Å². The molecule has 32 heavy (non-hydrogen) atoms. The van der Waals surface area contributed by atoms with Gasteiger partial charge >= 0.3 is 0 Å². The predicted octanol–water partition coefficient (Wildman–Crippen LogP) is 2.55. The number of benzene rings is 1. The highest BCUT2D eigenvalue weighted by molar-refractivity contribution is 6.02. The van der Waals surface area contributed by atoms with Gasteiger partial charge in [-0.25, -0.2) is 0 Å². The molecule has 0 bridgehead atoms. The third-order valence-corrected chi connectivity index (χ3v) is 5.79. The Balaban J connectivity index is 1.75. The number of para-hydroxylation sites is 1. The molecule has 2 heterocycles. The summed E-state index contributed by atoms with van der Waals surface area (Å²) < 4.78 is 0. The van der Waals surface area contributed by atoms with Crippen LogP contribution in [-0.2, 0) is 9.59 Å². The van der Waals surface area contributed by atoms with Crippen molar-refractivity contribution in [1.82, 2.24) is 20.9 Å². The molecule has 4 N–H and O–H groups in total. The number of aromatic amines is 1. The first-order valence-corrected chi connectivity index (χ1v) is 10.9. The maximum atomic E-state index is 13.1. The Labute approximate surface area is 188 Å². The molecule has 1 saturated heterocycles. The number of nitrogens with zero attached hydrogens (tertiary/aromatic N) is 1. The van der Waals surface area contributed by atoms with E-state index in [4.69, 9.17) is 0 Å². The number of aromatic nitrogens is 1. The largest absolute Gasteiger partial charge is 0.356 e. The zero-order chi connectivity index (χ0) is 23.5. The molecule has 0 spiro atoms. The van der Waals surface area contributed by atoms with Crippen molar-refractivity contribution in [3.05, 3.63) is 35.5 Å². The maximum absolute atomic E-state index is 13.1. The lowest BCUT2D eigenvalue weighted by Gasteiger charge is -2.27. The first-order valence-electron chi connectivity index (χ1n) is 10.9. The SMILES string of the molecule is Cc1c(C(=O)N[C@@H](CC(C)(C)C)C(=O)N[C@H](C#N)C[C@@H]2CCNC2=O)[nH]c2ccccc12. The van der Waals surface area contributed by atoms with Gasteiger partial charge in [-0.05, 0) is 43.2 Å². The third-order valence-electron chi connectivity index (χ3n) is 5.79. The van der Waals surface area contributed by atoms with Gasteiger partial charge in [-0.15, -0.1) is 0 Å². The zero-order valence-electron chi connectivity index (χ0n) is 19.0. The van der Waals surface area contributed by atoms with E-state index >= 15 is 0 Å². The summed E-state index contributed by atoms with van der Waals surface area (Å²) in [4.78, 5) is 41.1. The van der Waals surface area contributed by atoms with Crippen molar-refractivity contribution >= 4 is 28.6 Å². The Morgan fingerprint density at radius 2 is 1.97 bits per heavy atom. The van der Waals surface area contributed by atoms with Crippen molar-refractivity contribution in [2.75, 3.05) is 6.54 Å². The number of hydrogen-bond acceptors (Lipinski definition) is 4. The molecule has 0 aliphatic carbocycles. The Morgan fingerprint density at radius 3 is 2.56 bits per heavy atom. The molecule has 0 radical (unpaired) electrons. The highest BCUT2D eigenvalue weighted by Crippen LogP contribution is 2.24. The fourth-order valence-corrected chi connectivity index (χ4v) is 4.13. The molecule has 8 heteroatoms. The number of nitrogens with one attached hydrogen (secondary N) is 4. The number of nitriles is 1. The van der Waals surface area contributed by atoms with E-state index in [0.29, 0.717) is 25.1 Å². The van der Waals surface area contributed by atoms with Gasteiger partial charge in [0.05, 0.1) is 6.07 Å².